The van der Waals surface area contributed by atoms with Crippen LogP contribution in [0.1, 0.15) is 31.4 Å². The molecule has 4 nitrogen and oxygen atoms in total. The van der Waals surface area contributed by atoms with Crippen molar-refractivity contribution in [2.45, 2.75) is 31.9 Å². The molecule has 2 atom stereocenters. The number of hydrogen-bond acceptors (Lipinski definition) is 4. The molecule has 0 fully saturated rings. The smallest absolute Gasteiger partial charge is 0.0976 e. The molecule has 0 amide bonds. The summed E-state index contributed by atoms with van der Waals surface area (Å²) < 4.78 is 16.4. The second-order valence-electron chi connectivity index (χ2n) is 4.87. The van der Waals surface area contributed by atoms with Crippen molar-refractivity contribution in [2.24, 2.45) is 5.73 Å². The standard InChI is InChI=1S/C16H26ClNO3/c1-3-15(18)16(13-5-7-14(17)8-6-13)21-12-11-20-10-4-9-19-2/h5-8,15-16H,3-4,9-12,18H2,1-2H3. The van der Waals surface area contributed by atoms with Gasteiger partial charge in [-0.05, 0) is 30.5 Å². The Morgan fingerprint density at radius 1 is 1.10 bits per heavy atom. The summed E-state index contributed by atoms with van der Waals surface area (Å²) in [4.78, 5) is 0. The van der Waals surface area contributed by atoms with Crippen molar-refractivity contribution in [1.82, 2.24) is 0 Å². The van der Waals surface area contributed by atoms with E-state index < -0.39 is 0 Å². The molecule has 0 aliphatic heterocycles. The van der Waals surface area contributed by atoms with Gasteiger partial charge in [-0.15, -0.1) is 0 Å². The maximum absolute atomic E-state index is 6.15. The third kappa shape index (κ3) is 7.25. The molecule has 0 spiro atoms. The summed E-state index contributed by atoms with van der Waals surface area (Å²) in [6.45, 7) is 4.54. The lowest BCUT2D eigenvalue weighted by atomic mass is 10.0. The molecule has 120 valence electrons. The summed E-state index contributed by atoms with van der Waals surface area (Å²) in [5.74, 6) is 0. The zero-order chi connectivity index (χ0) is 15.5. The first-order valence-electron chi connectivity index (χ1n) is 7.38. The number of halogens is 1. The van der Waals surface area contributed by atoms with Gasteiger partial charge in [0.2, 0.25) is 0 Å². The lowest BCUT2D eigenvalue weighted by molar-refractivity contribution is -0.0104. The highest BCUT2D eigenvalue weighted by molar-refractivity contribution is 6.30. The van der Waals surface area contributed by atoms with Crippen molar-refractivity contribution >= 4 is 11.6 Å². The first-order chi connectivity index (χ1) is 10.2. The van der Waals surface area contributed by atoms with E-state index in [1.165, 1.54) is 0 Å². The minimum Gasteiger partial charge on any atom is -0.385 e. The maximum Gasteiger partial charge on any atom is 0.0976 e. The topological polar surface area (TPSA) is 53.7 Å². The molecule has 0 bridgehead atoms. The molecule has 2 N–H and O–H groups in total. The first-order valence-corrected chi connectivity index (χ1v) is 7.76. The number of rotatable bonds is 11. The van der Waals surface area contributed by atoms with Crippen LogP contribution in [0.25, 0.3) is 0 Å². The molecule has 1 rings (SSSR count). The van der Waals surface area contributed by atoms with Crippen LogP contribution in [0.3, 0.4) is 0 Å². The van der Waals surface area contributed by atoms with Crippen LogP contribution in [-0.4, -0.2) is 39.6 Å². The molecular formula is C16H26ClNO3. The Morgan fingerprint density at radius 2 is 1.81 bits per heavy atom. The number of nitrogens with two attached hydrogens (primary N) is 1. The molecule has 2 unspecified atom stereocenters. The van der Waals surface area contributed by atoms with Gasteiger partial charge in [0.1, 0.15) is 0 Å². The van der Waals surface area contributed by atoms with Crippen molar-refractivity contribution < 1.29 is 14.2 Å². The molecule has 1 aromatic rings. The fraction of sp³-hybridized carbons (Fsp3) is 0.625. The van der Waals surface area contributed by atoms with Crippen molar-refractivity contribution in [3.63, 3.8) is 0 Å². The number of methoxy groups -OCH3 is 1. The second kappa shape index (κ2) is 11.0. The summed E-state index contributed by atoms with van der Waals surface area (Å²) in [6.07, 6.45) is 1.61. The zero-order valence-corrected chi connectivity index (χ0v) is 13.6. The minimum absolute atomic E-state index is 0.0420. The van der Waals surface area contributed by atoms with Gasteiger partial charge in [0.05, 0.1) is 19.3 Å². The highest BCUT2D eigenvalue weighted by Crippen LogP contribution is 2.23. The van der Waals surface area contributed by atoms with Crippen molar-refractivity contribution in [3.05, 3.63) is 34.9 Å². The fourth-order valence-electron chi connectivity index (χ4n) is 1.97. The molecule has 0 aliphatic rings. The lowest BCUT2D eigenvalue weighted by Gasteiger charge is -2.24. The average molecular weight is 316 g/mol. The normalized spacial score (nSPS) is 14.1. The Bertz CT molecular complexity index is 372. The Labute approximate surface area is 132 Å². The van der Waals surface area contributed by atoms with Crippen molar-refractivity contribution in [3.8, 4) is 0 Å². The van der Waals surface area contributed by atoms with Crippen LogP contribution >= 0.6 is 11.6 Å². The van der Waals surface area contributed by atoms with Crippen LogP contribution in [-0.2, 0) is 14.2 Å². The van der Waals surface area contributed by atoms with E-state index in [1.54, 1.807) is 7.11 Å². The maximum atomic E-state index is 6.15. The van der Waals surface area contributed by atoms with Crippen LogP contribution in [0.15, 0.2) is 24.3 Å². The number of ether oxygens (including phenoxy) is 3. The highest BCUT2D eigenvalue weighted by Gasteiger charge is 2.19. The monoisotopic (exact) mass is 315 g/mol. The molecule has 1 aromatic carbocycles. The van der Waals surface area contributed by atoms with Gasteiger partial charge in [-0.1, -0.05) is 30.7 Å². The van der Waals surface area contributed by atoms with E-state index in [2.05, 4.69) is 6.92 Å². The van der Waals surface area contributed by atoms with Crippen LogP contribution in [0.4, 0.5) is 0 Å². The summed E-state index contributed by atoms with van der Waals surface area (Å²) in [5, 5.41) is 0.712. The third-order valence-corrected chi connectivity index (χ3v) is 3.47. The van der Waals surface area contributed by atoms with Gasteiger partial charge >= 0.3 is 0 Å². The van der Waals surface area contributed by atoms with E-state index in [-0.39, 0.29) is 12.1 Å². The molecule has 0 radical (unpaired) electrons. The van der Waals surface area contributed by atoms with Gasteiger partial charge in [0.25, 0.3) is 0 Å². The van der Waals surface area contributed by atoms with Gasteiger partial charge in [-0.25, -0.2) is 0 Å². The molecule has 0 saturated carbocycles. The Hall–Kier alpha value is -0.650. The molecule has 5 heteroatoms. The SMILES string of the molecule is CCC(N)C(OCCOCCCOC)c1ccc(Cl)cc1. The Morgan fingerprint density at radius 3 is 2.43 bits per heavy atom. The zero-order valence-electron chi connectivity index (χ0n) is 12.9. The van der Waals surface area contributed by atoms with E-state index in [1.807, 2.05) is 24.3 Å². The molecular weight excluding hydrogens is 290 g/mol. The van der Waals surface area contributed by atoms with E-state index >= 15 is 0 Å². The average Bonchev–Trinajstić information content (AvgIpc) is 2.50. The predicted octanol–water partition coefficient (Wildman–Crippen LogP) is 3.19. The summed E-state index contributed by atoms with van der Waals surface area (Å²) in [7, 11) is 1.69. The molecule has 0 aliphatic carbocycles. The van der Waals surface area contributed by atoms with Gasteiger partial charge in [0.15, 0.2) is 0 Å². The summed E-state index contributed by atoms with van der Waals surface area (Å²) >= 11 is 5.91. The van der Waals surface area contributed by atoms with Gasteiger partial charge in [-0.3, -0.25) is 0 Å². The third-order valence-electron chi connectivity index (χ3n) is 3.22. The van der Waals surface area contributed by atoms with Gasteiger partial charge in [-0.2, -0.15) is 0 Å². The fourth-order valence-corrected chi connectivity index (χ4v) is 2.10. The Balaban J connectivity index is 2.39. The lowest BCUT2D eigenvalue weighted by Crippen LogP contribution is -2.30. The summed E-state index contributed by atoms with van der Waals surface area (Å²) in [6, 6.07) is 7.59. The summed E-state index contributed by atoms with van der Waals surface area (Å²) in [5.41, 5.74) is 7.20. The van der Waals surface area contributed by atoms with Gasteiger partial charge < -0.3 is 19.9 Å². The van der Waals surface area contributed by atoms with E-state index in [0.717, 1.165) is 25.0 Å². The van der Waals surface area contributed by atoms with Gasteiger partial charge in [0, 0.05) is 31.4 Å². The molecule has 0 heterocycles. The number of benzene rings is 1. The molecule has 21 heavy (non-hydrogen) atoms. The predicted molar refractivity (Wildman–Crippen MR) is 85.7 cm³/mol. The molecule has 0 saturated heterocycles. The second-order valence-corrected chi connectivity index (χ2v) is 5.31. The first kappa shape index (κ1) is 18.4. The van der Waals surface area contributed by atoms with Crippen LogP contribution in [0.2, 0.25) is 5.02 Å². The van der Waals surface area contributed by atoms with Crippen molar-refractivity contribution in [2.75, 3.05) is 33.5 Å². The Kier molecular flexibility index (Phi) is 9.63. The van der Waals surface area contributed by atoms with Crippen LogP contribution in [0, 0.1) is 0 Å². The van der Waals surface area contributed by atoms with E-state index in [9.17, 15) is 0 Å². The quantitative estimate of drug-likeness (QED) is 0.637. The highest BCUT2D eigenvalue weighted by atomic mass is 35.5. The van der Waals surface area contributed by atoms with E-state index in [4.69, 9.17) is 31.5 Å². The van der Waals surface area contributed by atoms with E-state index in [0.29, 0.717) is 24.8 Å². The largest absolute Gasteiger partial charge is 0.385 e. The molecule has 0 aromatic heterocycles. The number of hydrogen-bond donors (Lipinski definition) is 1. The van der Waals surface area contributed by atoms with Crippen molar-refractivity contribution in [1.29, 1.82) is 0 Å². The minimum atomic E-state index is -0.130. The van der Waals surface area contributed by atoms with Crippen LogP contribution in [0.5, 0.6) is 0 Å². The van der Waals surface area contributed by atoms with Crippen LogP contribution < -0.4 is 5.73 Å².